The van der Waals surface area contributed by atoms with Gasteiger partial charge in [0.1, 0.15) is 0 Å². The number of pyridine rings is 1. The van der Waals surface area contributed by atoms with Crippen molar-refractivity contribution in [2.24, 2.45) is 0 Å². The lowest BCUT2D eigenvalue weighted by Gasteiger charge is -2.26. The Morgan fingerprint density at radius 1 is 1.60 bits per heavy atom. The normalized spacial score (nSPS) is 16.9. The van der Waals surface area contributed by atoms with Crippen LogP contribution in [0.15, 0.2) is 21.5 Å². The van der Waals surface area contributed by atoms with E-state index in [1.165, 1.54) is 0 Å². The first kappa shape index (κ1) is 9.11. The predicted molar refractivity (Wildman–Crippen MR) is 57.9 cm³/mol. The van der Waals surface area contributed by atoms with E-state index in [1.807, 2.05) is 6.07 Å². The zero-order chi connectivity index (χ0) is 10.4. The summed E-state index contributed by atoms with van der Waals surface area (Å²) in [6, 6.07) is 2.03. The number of nitrogens with zero attached hydrogens (tertiary/aromatic N) is 2. The molecule has 1 fully saturated rings. The second kappa shape index (κ2) is 3.18. The third-order valence-corrected chi connectivity index (χ3v) is 2.96. The van der Waals surface area contributed by atoms with Gasteiger partial charge in [-0.05, 0) is 22.0 Å². The molecule has 3 heterocycles. The fraction of sp³-hybridized carbons (Fsp3) is 0.333. The molecule has 0 aromatic carbocycles. The van der Waals surface area contributed by atoms with Crippen molar-refractivity contribution in [2.75, 3.05) is 13.2 Å². The highest BCUT2D eigenvalue weighted by Gasteiger charge is 2.24. The maximum atomic E-state index is 11.7. The lowest BCUT2D eigenvalue weighted by atomic mass is 10.2. The highest BCUT2D eigenvalue weighted by atomic mass is 79.9. The first-order valence-electron chi connectivity index (χ1n) is 4.59. The van der Waals surface area contributed by atoms with Gasteiger partial charge in [0.25, 0.3) is 0 Å². The molecule has 3 rings (SSSR count). The summed E-state index contributed by atoms with van der Waals surface area (Å²) >= 11 is 3.34. The van der Waals surface area contributed by atoms with Crippen molar-refractivity contribution in [2.45, 2.75) is 6.04 Å². The Balaban J connectivity index is 2.29. The van der Waals surface area contributed by atoms with E-state index < -0.39 is 0 Å². The molecule has 2 aromatic heterocycles. The Hall–Kier alpha value is -1.14. The molecule has 0 aliphatic carbocycles. The number of halogens is 1. The molecule has 1 aliphatic heterocycles. The van der Waals surface area contributed by atoms with Crippen LogP contribution >= 0.6 is 15.9 Å². The molecule has 2 aromatic rings. The average Bonchev–Trinajstić information content (AvgIpc) is 2.42. The van der Waals surface area contributed by atoms with Gasteiger partial charge in [-0.3, -0.25) is 9.55 Å². The highest BCUT2D eigenvalue weighted by molar-refractivity contribution is 9.10. The standard InChI is InChI=1S/C9H8BrN3O2/c10-5-1-7-8(11-2-5)12-9(14)13(7)6-3-15-4-6/h1-2,6H,3-4H2,(H,11,12,14). The van der Waals surface area contributed by atoms with Crippen LogP contribution in [0, 0.1) is 0 Å². The van der Waals surface area contributed by atoms with Gasteiger partial charge in [-0.25, -0.2) is 9.78 Å². The molecule has 15 heavy (non-hydrogen) atoms. The maximum Gasteiger partial charge on any atom is 0.328 e. The smallest absolute Gasteiger partial charge is 0.328 e. The number of aromatic amines is 1. The zero-order valence-electron chi connectivity index (χ0n) is 7.74. The summed E-state index contributed by atoms with van der Waals surface area (Å²) in [5.41, 5.74) is 1.32. The van der Waals surface area contributed by atoms with Crippen LogP contribution in [0.3, 0.4) is 0 Å². The predicted octanol–water partition coefficient (Wildman–Crippen LogP) is 1.06. The molecule has 0 spiro atoms. The van der Waals surface area contributed by atoms with Crippen molar-refractivity contribution in [3.8, 4) is 0 Å². The van der Waals surface area contributed by atoms with Crippen LogP contribution in [0.5, 0.6) is 0 Å². The fourth-order valence-corrected chi connectivity index (χ4v) is 2.03. The largest absolute Gasteiger partial charge is 0.377 e. The van der Waals surface area contributed by atoms with E-state index in [-0.39, 0.29) is 11.7 Å². The molecule has 0 bridgehead atoms. The van der Waals surface area contributed by atoms with Crippen LogP contribution in [-0.2, 0) is 4.74 Å². The summed E-state index contributed by atoms with van der Waals surface area (Å²) in [6.07, 6.45) is 1.67. The lowest BCUT2D eigenvalue weighted by Crippen LogP contribution is -2.36. The minimum atomic E-state index is -0.121. The molecule has 0 atom stereocenters. The summed E-state index contributed by atoms with van der Waals surface area (Å²) in [4.78, 5) is 18.5. The number of H-pyrrole nitrogens is 1. The summed E-state index contributed by atoms with van der Waals surface area (Å²) in [6.45, 7) is 1.19. The van der Waals surface area contributed by atoms with Crippen LogP contribution in [0.4, 0.5) is 0 Å². The third kappa shape index (κ3) is 1.32. The minimum Gasteiger partial charge on any atom is -0.377 e. The van der Waals surface area contributed by atoms with Crippen LogP contribution < -0.4 is 5.69 Å². The Morgan fingerprint density at radius 2 is 2.40 bits per heavy atom. The van der Waals surface area contributed by atoms with Crippen molar-refractivity contribution in [1.82, 2.24) is 14.5 Å². The first-order valence-corrected chi connectivity index (χ1v) is 5.38. The third-order valence-electron chi connectivity index (χ3n) is 2.52. The van der Waals surface area contributed by atoms with Gasteiger partial charge in [-0.15, -0.1) is 0 Å². The number of hydrogen-bond acceptors (Lipinski definition) is 3. The van der Waals surface area contributed by atoms with Crippen molar-refractivity contribution >= 4 is 27.1 Å². The maximum absolute atomic E-state index is 11.7. The highest BCUT2D eigenvalue weighted by Crippen LogP contribution is 2.21. The molecule has 1 aliphatic rings. The molecule has 6 heteroatoms. The van der Waals surface area contributed by atoms with Crippen molar-refractivity contribution in [3.63, 3.8) is 0 Å². The number of rotatable bonds is 1. The van der Waals surface area contributed by atoms with Gasteiger partial charge in [0, 0.05) is 10.7 Å². The molecule has 0 saturated carbocycles. The molecule has 1 N–H and O–H groups in total. The van der Waals surface area contributed by atoms with Gasteiger partial charge in [0.05, 0.1) is 24.8 Å². The first-order chi connectivity index (χ1) is 7.25. The number of fused-ring (bicyclic) bond motifs is 1. The van der Waals surface area contributed by atoms with Crippen molar-refractivity contribution in [3.05, 3.63) is 27.2 Å². The number of hydrogen-bond donors (Lipinski definition) is 1. The van der Waals surface area contributed by atoms with Gasteiger partial charge in [-0.1, -0.05) is 0 Å². The van der Waals surface area contributed by atoms with Gasteiger partial charge in [-0.2, -0.15) is 0 Å². The monoisotopic (exact) mass is 269 g/mol. The Morgan fingerprint density at radius 3 is 3.07 bits per heavy atom. The molecule has 5 nitrogen and oxygen atoms in total. The van der Waals surface area contributed by atoms with E-state index in [1.54, 1.807) is 10.8 Å². The Labute approximate surface area is 93.2 Å². The quantitative estimate of drug-likeness (QED) is 0.842. The van der Waals surface area contributed by atoms with E-state index in [0.717, 1.165) is 9.99 Å². The number of ether oxygens (including phenoxy) is 1. The molecular formula is C9H8BrN3O2. The number of imidazole rings is 1. The summed E-state index contributed by atoms with van der Waals surface area (Å²) in [5.74, 6) is 0. The topological polar surface area (TPSA) is 59.9 Å². The van der Waals surface area contributed by atoms with Gasteiger partial charge in [0.2, 0.25) is 0 Å². The lowest BCUT2D eigenvalue weighted by molar-refractivity contribution is -0.0229. The molecule has 1 saturated heterocycles. The van der Waals surface area contributed by atoms with Crippen LogP contribution in [0.2, 0.25) is 0 Å². The van der Waals surface area contributed by atoms with E-state index in [4.69, 9.17) is 4.74 Å². The van der Waals surface area contributed by atoms with Gasteiger partial charge in [0.15, 0.2) is 5.65 Å². The fourth-order valence-electron chi connectivity index (χ4n) is 1.71. The van der Waals surface area contributed by atoms with Crippen molar-refractivity contribution < 1.29 is 4.74 Å². The van der Waals surface area contributed by atoms with Crippen LogP contribution in [0.25, 0.3) is 11.2 Å². The zero-order valence-corrected chi connectivity index (χ0v) is 9.32. The van der Waals surface area contributed by atoms with E-state index in [2.05, 4.69) is 25.9 Å². The minimum absolute atomic E-state index is 0.121. The number of aromatic nitrogens is 3. The van der Waals surface area contributed by atoms with E-state index in [0.29, 0.717) is 18.9 Å². The second-order valence-corrected chi connectivity index (χ2v) is 4.43. The van der Waals surface area contributed by atoms with E-state index >= 15 is 0 Å². The molecule has 78 valence electrons. The second-order valence-electron chi connectivity index (χ2n) is 3.51. The molecule has 0 radical (unpaired) electrons. The van der Waals surface area contributed by atoms with Crippen LogP contribution in [0.1, 0.15) is 6.04 Å². The SMILES string of the molecule is O=c1[nH]c2ncc(Br)cc2n1C1COC1. The molecular weight excluding hydrogens is 262 g/mol. The van der Waals surface area contributed by atoms with Gasteiger partial charge >= 0.3 is 5.69 Å². The average molecular weight is 270 g/mol. The Kier molecular flexibility index (Phi) is 1.93. The summed E-state index contributed by atoms with van der Waals surface area (Å²) in [5, 5.41) is 0. The number of nitrogens with one attached hydrogen (secondary N) is 1. The van der Waals surface area contributed by atoms with Crippen molar-refractivity contribution in [1.29, 1.82) is 0 Å². The van der Waals surface area contributed by atoms with Gasteiger partial charge < -0.3 is 4.74 Å². The summed E-state index contributed by atoms with van der Waals surface area (Å²) in [7, 11) is 0. The Bertz CT molecular complexity index is 570. The molecule has 0 unspecified atom stereocenters. The molecule has 0 amide bonds. The van der Waals surface area contributed by atoms with E-state index in [9.17, 15) is 4.79 Å². The van der Waals surface area contributed by atoms with Crippen LogP contribution in [-0.4, -0.2) is 27.7 Å². The summed E-state index contributed by atoms with van der Waals surface area (Å²) < 4.78 is 7.66.